The fraction of sp³-hybridized carbons (Fsp3) is 0.312. The summed E-state index contributed by atoms with van der Waals surface area (Å²) in [6.45, 7) is 4.18. The van der Waals surface area contributed by atoms with Crippen LogP contribution in [0.15, 0.2) is 23.0 Å². The van der Waals surface area contributed by atoms with Gasteiger partial charge in [-0.15, -0.1) is 0 Å². The highest BCUT2D eigenvalue weighted by atomic mass is 35.5. The van der Waals surface area contributed by atoms with Crippen molar-refractivity contribution in [3.63, 3.8) is 0 Å². The van der Waals surface area contributed by atoms with Gasteiger partial charge in [0.25, 0.3) is 11.6 Å². The van der Waals surface area contributed by atoms with Crippen LogP contribution in [-0.4, -0.2) is 31.6 Å². The third-order valence-electron chi connectivity index (χ3n) is 3.69. The minimum Gasteiger partial charge on any atom is -0.480 e. The molecule has 126 valence electrons. The van der Waals surface area contributed by atoms with Crippen molar-refractivity contribution in [3.8, 4) is 6.01 Å². The molecule has 0 unspecified atom stereocenters. The second-order valence-corrected chi connectivity index (χ2v) is 5.69. The van der Waals surface area contributed by atoms with Crippen molar-refractivity contribution in [2.45, 2.75) is 26.8 Å². The molecule has 0 aliphatic carbocycles. The van der Waals surface area contributed by atoms with Crippen LogP contribution >= 0.6 is 11.6 Å². The van der Waals surface area contributed by atoms with Gasteiger partial charge in [-0.05, 0) is 31.5 Å². The van der Waals surface area contributed by atoms with Crippen molar-refractivity contribution in [2.24, 2.45) is 0 Å². The Labute approximate surface area is 142 Å². The third kappa shape index (κ3) is 2.41. The molecule has 0 aliphatic rings. The van der Waals surface area contributed by atoms with Crippen LogP contribution in [0.2, 0.25) is 5.02 Å². The first-order valence-corrected chi connectivity index (χ1v) is 7.98. The van der Waals surface area contributed by atoms with Crippen LogP contribution in [-0.2, 0) is 11.3 Å². The summed E-state index contributed by atoms with van der Waals surface area (Å²) >= 11 is 6.05. The maximum absolute atomic E-state index is 12.9. The summed E-state index contributed by atoms with van der Waals surface area (Å²) in [6.07, 6.45) is 0.715. The summed E-state index contributed by atoms with van der Waals surface area (Å²) in [5.41, 5.74) is 0.464. The Morgan fingerprint density at radius 3 is 2.75 bits per heavy atom. The van der Waals surface area contributed by atoms with Gasteiger partial charge in [0.15, 0.2) is 5.69 Å². The topological polar surface area (TPSA) is 85.8 Å². The smallest absolute Gasteiger partial charge is 0.359 e. The molecule has 0 atom stereocenters. The van der Waals surface area contributed by atoms with Gasteiger partial charge in [-0.25, -0.2) is 4.79 Å². The van der Waals surface area contributed by atoms with E-state index in [1.807, 2.05) is 6.92 Å². The number of fused-ring (bicyclic) bond motifs is 3. The molecule has 2 heterocycles. The van der Waals surface area contributed by atoms with E-state index in [1.54, 1.807) is 25.1 Å². The number of halogens is 1. The van der Waals surface area contributed by atoms with Gasteiger partial charge in [0.1, 0.15) is 5.52 Å². The number of ether oxygens (including phenoxy) is 1. The average Bonchev–Trinajstić information content (AvgIpc) is 2.89. The van der Waals surface area contributed by atoms with E-state index in [1.165, 1.54) is 8.97 Å². The molecule has 7 nitrogen and oxygen atoms in total. The fourth-order valence-corrected chi connectivity index (χ4v) is 2.93. The van der Waals surface area contributed by atoms with Crippen LogP contribution in [0.3, 0.4) is 0 Å². The van der Waals surface area contributed by atoms with Crippen LogP contribution in [0.4, 0.5) is 0 Å². The molecule has 0 aliphatic heterocycles. The van der Waals surface area contributed by atoms with E-state index in [2.05, 4.69) is 4.98 Å². The highest BCUT2D eigenvalue weighted by molar-refractivity contribution is 6.31. The standard InChI is InChI=1S/C16H16ClN3O4/c1-3-7-19-11-8-9(17)5-6-10(11)20-13(14(19)21)12(18-16(20)23)15(22)24-4-2/h5-6,8H,3-4,7H2,1-2H3,(H,18,23). The van der Waals surface area contributed by atoms with Gasteiger partial charge in [-0.3, -0.25) is 9.20 Å². The number of esters is 1. The molecule has 3 aromatic rings. The van der Waals surface area contributed by atoms with Crippen molar-refractivity contribution in [1.82, 2.24) is 14.0 Å². The van der Waals surface area contributed by atoms with Gasteiger partial charge in [0, 0.05) is 11.6 Å². The molecule has 1 aromatic carbocycles. The summed E-state index contributed by atoms with van der Waals surface area (Å²) in [7, 11) is 0. The monoisotopic (exact) mass is 349 g/mol. The molecule has 3 rings (SSSR count). The Morgan fingerprint density at radius 2 is 2.08 bits per heavy atom. The first kappa shape index (κ1) is 16.3. The Bertz CT molecular complexity index is 1010. The summed E-state index contributed by atoms with van der Waals surface area (Å²) in [5.74, 6) is -0.747. The molecular weight excluding hydrogens is 334 g/mol. The number of aryl methyl sites for hydroxylation is 1. The van der Waals surface area contributed by atoms with Crippen LogP contribution < -0.4 is 5.56 Å². The van der Waals surface area contributed by atoms with E-state index in [0.29, 0.717) is 29.0 Å². The lowest BCUT2D eigenvalue weighted by Gasteiger charge is -2.12. The number of hydrogen-bond acceptors (Lipinski definition) is 5. The van der Waals surface area contributed by atoms with Crippen molar-refractivity contribution in [2.75, 3.05) is 6.61 Å². The first-order chi connectivity index (χ1) is 11.5. The molecule has 0 amide bonds. The Kier molecular flexibility index (Phi) is 4.19. The van der Waals surface area contributed by atoms with Crippen LogP contribution in [0.25, 0.3) is 16.6 Å². The zero-order valence-electron chi connectivity index (χ0n) is 13.2. The van der Waals surface area contributed by atoms with E-state index in [9.17, 15) is 14.7 Å². The normalized spacial score (nSPS) is 11.3. The Balaban J connectivity index is 2.50. The highest BCUT2D eigenvalue weighted by Crippen LogP contribution is 2.25. The SMILES string of the molecule is CCCn1c(=O)c2c(C(=O)OCC)nc(O)n2c2ccc(Cl)cc21. The average molecular weight is 350 g/mol. The quantitative estimate of drug-likeness (QED) is 0.732. The highest BCUT2D eigenvalue weighted by Gasteiger charge is 2.24. The lowest BCUT2D eigenvalue weighted by molar-refractivity contribution is 0.0521. The molecule has 0 spiro atoms. The molecule has 0 radical (unpaired) electrons. The largest absolute Gasteiger partial charge is 0.480 e. The Hall–Kier alpha value is -2.54. The van der Waals surface area contributed by atoms with Gasteiger partial charge >= 0.3 is 5.97 Å². The third-order valence-corrected chi connectivity index (χ3v) is 3.93. The molecule has 1 N–H and O–H groups in total. The van der Waals surface area contributed by atoms with Gasteiger partial charge in [0.05, 0.1) is 17.6 Å². The van der Waals surface area contributed by atoms with Crippen molar-refractivity contribution < 1.29 is 14.6 Å². The second kappa shape index (κ2) is 6.16. The zero-order valence-corrected chi connectivity index (χ0v) is 14.0. The lowest BCUT2D eigenvalue weighted by atomic mass is 10.2. The van der Waals surface area contributed by atoms with E-state index in [0.717, 1.165) is 0 Å². The molecule has 2 aromatic heterocycles. The summed E-state index contributed by atoms with van der Waals surface area (Å²) in [4.78, 5) is 28.9. The Morgan fingerprint density at radius 1 is 1.33 bits per heavy atom. The van der Waals surface area contributed by atoms with Crippen LogP contribution in [0.1, 0.15) is 30.8 Å². The number of aromatic nitrogens is 3. The number of aromatic hydroxyl groups is 1. The molecule has 8 heteroatoms. The number of benzene rings is 1. The predicted molar refractivity (Wildman–Crippen MR) is 89.9 cm³/mol. The fourth-order valence-electron chi connectivity index (χ4n) is 2.76. The summed E-state index contributed by atoms with van der Waals surface area (Å²) in [6, 6.07) is 4.53. The van der Waals surface area contributed by atoms with E-state index < -0.39 is 17.5 Å². The van der Waals surface area contributed by atoms with Gasteiger partial charge < -0.3 is 14.4 Å². The lowest BCUT2D eigenvalue weighted by Crippen LogP contribution is -2.24. The van der Waals surface area contributed by atoms with E-state index in [-0.39, 0.29) is 17.8 Å². The van der Waals surface area contributed by atoms with E-state index in [4.69, 9.17) is 16.3 Å². The number of rotatable bonds is 4. The molecule has 0 saturated carbocycles. The molecule has 24 heavy (non-hydrogen) atoms. The van der Waals surface area contributed by atoms with Crippen molar-refractivity contribution >= 4 is 34.1 Å². The minimum absolute atomic E-state index is 0.00535. The maximum Gasteiger partial charge on any atom is 0.359 e. The van der Waals surface area contributed by atoms with Crippen LogP contribution in [0.5, 0.6) is 6.01 Å². The molecule has 0 fully saturated rings. The van der Waals surface area contributed by atoms with Gasteiger partial charge in [-0.1, -0.05) is 18.5 Å². The second-order valence-electron chi connectivity index (χ2n) is 5.25. The first-order valence-electron chi connectivity index (χ1n) is 7.60. The number of carbonyl (C=O) groups excluding carboxylic acids is 1. The summed E-state index contributed by atoms with van der Waals surface area (Å²) < 4.78 is 7.72. The van der Waals surface area contributed by atoms with Gasteiger partial charge in [0.2, 0.25) is 0 Å². The predicted octanol–water partition coefficient (Wildman–Crippen LogP) is 2.59. The van der Waals surface area contributed by atoms with Crippen molar-refractivity contribution in [1.29, 1.82) is 0 Å². The number of imidazole rings is 1. The number of carbonyl (C=O) groups is 1. The van der Waals surface area contributed by atoms with Gasteiger partial charge in [-0.2, -0.15) is 4.98 Å². The van der Waals surface area contributed by atoms with Crippen LogP contribution in [0, 0.1) is 0 Å². The van der Waals surface area contributed by atoms with E-state index >= 15 is 0 Å². The zero-order chi connectivity index (χ0) is 17.4. The minimum atomic E-state index is -0.747. The molecular formula is C16H16ClN3O4. The number of hydrogen-bond donors (Lipinski definition) is 1. The molecule has 0 bridgehead atoms. The summed E-state index contributed by atoms with van der Waals surface area (Å²) in [5, 5.41) is 10.7. The van der Waals surface area contributed by atoms with Crippen molar-refractivity contribution in [3.05, 3.63) is 39.3 Å². The number of nitrogens with zero attached hydrogens (tertiary/aromatic N) is 3. The molecule has 0 saturated heterocycles. The maximum atomic E-state index is 12.9.